The van der Waals surface area contributed by atoms with Crippen LogP contribution in [0.2, 0.25) is 10.0 Å². The Balaban J connectivity index is 1.84. The lowest BCUT2D eigenvalue weighted by Gasteiger charge is -2.15. The van der Waals surface area contributed by atoms with Gasteiger partial charge in [0.25, 0.3) is 0 Å². The number of carbonyl (C=O) groups is 2. The zero-order chi connectivity index (χ0) is 27.8. The number of hydrogen-bond donors (Lipinski definition) is 5. The van der Waals surface area contributed by atoms with Crippen LogP contribution < -0.4 is 27.0 Å². The van der Waals surface area contributed by atoms with Crippen molar-refractivity contribution in [2.75, 3.05) is 57.0 Å². The number of ether oxygens (including phenoxy) is 2. The van der Waals surface area contributed by atoms with Crippen molar-refractivity contribution in [2.24, 2.45) is 5.73 Å². The molecule has 0 bridgehead atoms. The fourth-order valence-electron chi connectivity index (χ4n) is 3.43. The van der Waals surface area contributed by atoms with E-state index in [-0.39, 0.29) is 23.5 Å². The van der Waals surface area contributed by atoms with Crippen molar-refractivity contribution in [3.05, 3.63) is 57.3 Å². The number of methoxy groups -OCH3 is 1. The number of rotatable bonds is 17. The SMILES string of the molecule is COC(=O)c1cc(F)c(NCCCNCCCCNCCCN)cc1NC(=O)OCc1ccc(Cl)cc1Cl. The maximum Gasteiger partial charge on any atom is 0.411 e. The van der Waals surface area contributed by atoms with Gasteiger partial charge in [0.1, 0.15) is 12.4 Å². The number of esters is 1. The Morgan fingerprint density at radius 3 is 2.26 bits per heavy atom. The number of benzene rings is 2. The summed E-state index contributed by atoms with van der Waals surface area (Å²) in [4.78, 5) is 24.6. The van der Waals surface area contributed by atoms with Crippen LogP contribution in [0, 0.1) is 5.82 Å². The second-order valence-electron chi connectivity index (χ2n) is 8.44. The van der Waals surface area contributed by atoms with Crippen LogP contribution in [-0.2, 0) is 16.1 Å². The zero-order valence-electron chi connectivity index (χ0n) is 21.5. The number of nitrogens with two attached hydrogens (primary N) is 1. The van der Waals surface area contributed by atoms with Crippen molar-refractivity contribution in [1.29, 1.82) is 0 Å². The first-order valence-electron chi connectivity index (χ1n) is 12.5. The van der Waals surface area contributed by atoms with E-state index in [1.54, 1.807) is 12.1 Å². The first-order valence-corrected chi connectivity index (χ1v) is 13.3. The van der Waals surface area contributed by atoms with E-state index in [0.29, 0.717) is 28.7 Å². The van der Waals surface area contributed by atoms with Gasteiger partial charge in [0.05, 0.1) is 24.0 Å². The van der Waals surface area contributed by atoms with Crippen LogP contribution in [0.25, 0.3) is 0 Å². The number of hydrogen-bond acceptors (Lipinski definition) is 8. The summed E-state index contributed by atoms with van der Waals surface area (Å²) in [7, 11) is 1.17. The molecule has 0 heterocycles. The third kappa shape index (κ3) is 11.4. The second kappa shape index (κ2) is 17.8. The normalized spacial score (nSPS) is 10.8. The molecule has 0 radical (unpaired) electrons. The van der Waals surface area contributed by atoms with Crippen molar-refractivity contribution in [3.63, 3.8) is 0 Å². The molecule has 0 aliphatic rings. The van der Waals surface area contributed by atoms with E-state index in [4.69, 9.17) is 38.4 Å². The third-order valence-electron chi connectivity index (χ3n) is 5.48. The molecule has 2 rings (SSSR count). The Morgan fingerprint density at radius 1 is 0.921 bits per heavy atom. The van der Waals surface area contributed by atoms with Gasteiger partial charge in [0, 0.05) is 22.2 Å². The molecule has 0 saturated heterocycles. The summed E-state index contributed by atoms with van der Waals surface area (Å²) in [6, 6.07) is 7.14. The Kier molecular flexibility index (Phi) is 14.8. The maximum atomic E-state index is 14.7. The number of anilines is 2. The van der Waals surface area contributed by atoms with Gasteiger partial charge in [0.2, 0.25) is 0 Å². The maximum absolute atomic E-state index is 14.7. The molecule has 0 aromatic heterocycles. The third-order valence-corrected chi connectivity index (χ3v) is 6.07. The minimum Gasteiger partial charge on any atom is -0.465 e. The second-order valence-corrected chi connectivity index (χ2v) is 9.28. The van der Waals surface area contributed by atoms with Crippen LogP contribution in [0.5, 0.6) is 0 Å². The Morgan fingerprint density at radius 2 is 1.61 bits per heavy atom. The van der Waals surface area contributed by atoms with Gasteiger partial charge in [-0.1, -0.05) is 29.3 Å². The van der Waals surface area contributed by atoms with E-state index in [0.717, 1.165) is 57.9 Å². The van der Waals surface area contributed by atoms with Crippen molar-refractivity contribution in [1.82, 2.24) is 10.6 Å². The summed E-state index contributed by atoms with van der Waals surface area (Å²) in [6.07, 6.45) is 3.02. The fourth-order valence-corrected chi connectivity index (χ4v) is 3.90. The molecule has 0 saturated carbocycles. The van der Waals surface area contributed by atoms with Crippen LogP contribution >= 0.6 is 23.2 Å². The van der Waals surface area contributed by atoms with Crippen LogP contribution in [0.4, 0.5) is 20.6 Å². The van der Waals surface area contributed by atoms with Crippen molar-refractivity contribution in [3.8, 4) is 0 Å². The molecule has 0 spiro atoms. The number of carbonyl (C=O) groups excluding carboxylic acids is 2. The molecular formula is C26H36Cl2FN5O4. The van der Waals surface area contributed by atoms with Crippen LogP contribution in [-0.4, -0.2) is 58.4 Å². The highest BCUT2D eigenvalue weighted by Gasteiger charge is 2.19. The average Bonchev–Trinajstić information content (AvgIpc) is 2.89. The lowest BCUT2D eigenvalue weighted by Crippen LogP contribution is -2.22. The zero-order valence-corrected chi connectivity index (χ0v) is 23.0. The molecule has 0 aliphatic carbocycles. The van der Waals surface area contributed by atoms with Crippen LogP contribution in [0.1, 0.15) is 41.6 Å². The lowest BCUT2D eigenvalue weighted by atomic mass is 10.1. The molecule has 38 heavy (non-hydrogen) atoms. The van der Waals surface area contributed by atoms with Crippen LogP contribution in [0.3, 0.4) is 0 Å². The van der Waals surface area contributed by atoms with Crippen molar-refractivity contribution >= 4 is 46.6 Å². The van der Waals surface area contributed by atoms with E-state index >= 15 is 0 Å². The van der Waals surface area contributed by atoms with E-state index < -0.39 is 17.9 Å². The molecule has 1 amide bonds. The van der Waals surface area contributed by atoms with E-state index in [2.05, 4.69) is 21.3 Å². The van der Waals surface area contributed by atoms with Crippen LogP contribution in [0.15, 0.2) is 30.3 Å². The quantitative estimate of drug-likeness (QED) is 0.136. The summed E-state index contributed by atoms with van der Waals surface area (Å²) in [5.74, 6) is -1.45. The first-order chi connectivity index (χ1) is 18.3. The van der Waals surface area contributed by atoms with Crippen molar-refractivity contribution in [2.45, 2.75) is 32.3 Å². The van der Waals surface area contributed by atoms with E-state index in [1.807, 2.05) is 0 Å². The first kappa shape index (κ1) is 31.6. The van der Waals surface area contributed by atoms with Gasteiger partial charge in [-0.3, -0.25) is 5.32 Å². The summed E-state index contributed by atoms with van der Waals surface area (Å²) in [6.45, 7) is 4.65. The highest BCUT2D eigenvalue weighted by molar-refractivity contribution is 6.35. The largest absolute Gasteiger partial charge is 0.465 e. The molecule has 0 fully saturated rings. The molecule has 12 heteroatoms. The molecule has 9 nitrogen and oxygen atoms in total. The predicted octanol–water partition coefficient (Wildman–Crippen LogP) is 4.78. The topological polar surface area (TPSA) is 127 Å². The van der Waals surface area contributed by atoms with Gasteiger partial charge in [0.15, 0.2) is 0 Å². The number of nitrogens with one attached hydrogen (secondary N) is 4. The van der Waals surface area contributed by atoms with Gasteiger partial charge in [-0.2, -0.15) is 0 Å². The molecule has 2 aromatic rings. The smallest absolute Gasteiger partial charge is 0.411 e. The molecule has 0 atom stereocenters. The molecule has 210 valence electrons. The molecule has 2 aromatic carbocycles. The summed E-state index contributed by atoms with van der Waals surface area (Å²) >= 11 is 12.0. The number of halogens is 3. The fraction of sp³-hybridized carbons (Fsp3) is 0.462. The average molecular weight is 573 g/mol. The minimum absolute atomic E-state index is 0.0474. The minimum atomic E-state index is -0.850. The lowest BCUT2D eigenvalue weighted by molar-refractivity contribution is 0.0601. The standard InChI is InChI=1S/C26H36Cl2FN5O4/c1-37-25(35)20-15-22(29)24(33-13-5-12-32-10-3-2-9-31-11-4-8-30)16-23(20)34-26(36)38-17-18-6-7-19(27)14-21(18)28/h6-7,14-16,31-33H,2-5,8-13,17,30H2,1H3,(H,34,36). The molecule has 0 unspecified atom stereocenters. The monoisotopic (exact) mass is 571 g/mol. The van der Waals surface area contributed by atoms with E-state index in [1.165, 1.54) is 19.2 Å². The Labute approximate surface area is 232 Å². The van der Waals surface area contributed by atoms with E-state index in [9.17, 15) is 14.0 Å². The van der Waals surface area contributed by atoms with Gasteiger partial charge in [-0.15, -0.1) is 0 Å². The Hall–Kier alpha value is -2.63. The van der Waals surface area contributed by atoms with Gasteiger partial charge in [-0.25, -0.2) is 14.0 Å². The van der Waals surface area contributed by atoms with Gasteiger partial charge >= 0.3 is 12.1 Å². The van der Waals surface area contributed by atoms with Gasteiger partial charge in [-0.05, 0) is 82.7 Å². The summed E-state index contributed by atoms with van der Waals surface area (Å²) in [5.41, 5.74) is 6.05. The van der Waals surface area contributed by atoms with Crippen molar-refractivity contribution < 1.29 is 23.5 Å². The summed E-state index contributed by atoms with van der Waals surface area (Å²) < 4.78 is 24.6. The number of unbranched alkanes of at least 4 members (excludes halogenated alkanes) is 1. The molecular weight excluding hydrogens is 536 g/mol. The van der Waals surface area contributed by atoms with Gasteiger partial charge < -0.3 is 31.2 Å². The number of amides is 1. The summed E-state index contributed by atoms with van der Waals surface area (Å²) in [5, 5.41) is 13.0. The predicted molar refractivity (Wildman–Crippen MR) is 150 cm³/mol. The highest BCUT2D eigenvalue weighted by Crippen LogP contribution is 2.26. The molecule has 0 aliphatic heterocycles. The highest BCUT2D eigenvalue weighted by atomic mass is 35.5. The molecule has 6 N–H and O–H groups in total. The Bertz CT molecular complexity index is 1040.